The molecule has 0 radical (unpaired) electrons. The van der Waals surface area contributed by atoms with E-state index in [2.05, 4.69) is 10.3 Å². The van der Waals surface area contributed by atoms with Crippen molar-refractivity contribution in [3.63, 3.8) is 0 Å². The van der Waals surface area contributed by atoms with Crippen LogP contribution < -0.4 is 5.32 Å². The molecule has 0 aromatic carbocycles. The van der Waals surface area contributed by atoms with Crippen LogP contribution in [0.15, 0.2) is 5.38 Å². The molecule has 3 rings (SSSR count). The van der Waals surface area contributed by atoms with Crippen molar-refractivity contribution in [2.24, 2.45) is 11.8 Å². The average molecular weight is 335 g/mol. The van der Waals surface area contributed by atoms with Crippen LogP contribution in [-0.4, -0.2) is 41.3 Å². The first kappa shape index (κ1) is 16.4. The fourth-order valence-corrected chi connectivity index (χ4v) is 3.67. The van der Waals surface area contributed by atoms with Gasteiger partial charge >= 0.3 is 0 Å². The Morgan fingerprint density at radius 3 is 2.61 bits per heavy atom. The standard InChI is InChI=1S/C17H25N3O2S/c1-12-19-15(11-23-12)9-17(22)20-6-4-13(5-7-20)8-16(21)18-10-14-2-3-14/h11,13-14H,2-10H2,1H3,(H,18,21). The van der Waals surface area contributed by atoms with E-state index in [4.69, 9.17) is 0 Å². The molecule has 2 heterocycles. The average Bonchev–Trinajstić information content (AvgIpc) is 3.28. The summed E-state index contributed by atoms with van der Waals surface area (Å²) in [7, 11) is 0. The molecule has 6 heteroatoms. The SMILES string of the molecule is Cc1nc(CC(=O)N2CCC(CC(=O)NCC3CC3)CC2)cs1. The Labute approximate surface area is 141 Å². The van der Waals surface area contributed by atoms with Gasteiger partial charge in [-0.15, -0.1) is 11.3 Å². The van der Waals surface area contributed by atoms with E-state index in [0.717, 1.165) is 49.1 Å². The number of amides is 2. The molecule has 0 unspecified atom stereocenters. The summed E-state index contributed by atoms with van der Waals surface area (Å²) < 4.78 is 0. The zero-order valence-electron chi connectivity index (χ0n) is 13.7. The fraction of sp³-hybridized carbons (Fsp3) is 0.706. The van der Waals surface area contributed by atoms with E-state index < -0.39 is 0 Å². The normalized spacial score (nSPS) is 18.9. The van der Waals surface area contributed by atoms with Gasteiger partial charge in [0.05, 0.1) is 17.1 Å². The minimum Gasteiger partial charge on any atom is -0.356 e. The minimum absolute atomic E-state index is 0.159. The summed E-state index contributed by atoms with van der Waals surface area (Å²) in [6.07, 6.45) is 5.40. The van der Waals surface area contributed by atoms with Gasteiger partial charge in [0.25, 0.3) is 0 Å². The van der Waals surface area contributed by atoms with E-state index >= 15 is 0 Å². The molecule has 1 saturated carbocycles. The molecule has 1 N–H and O–H groups in total. The molecule has 1 aliphatic heterocycles. The van der Waals surface area contributed by atoms with Crippen LogP contribution in [0, 0.1) is 18.8 Å². The number of likely N-dealkylation sites (tertiary alicyclic amines) is 1. The Morgan fingerprint density at radius 2 is 2.00 bits per heavy atom. The van der Waals surface area contributed by atoms with Crippen molar-refractivity contribution in [2.75, 3.05) is 19.6 Å². The van der Waals surface area contributed by atoms with Crippen LogP contribution in [0.4, 0.5) is 0 Å². The maximum atomic E-state index is 12.3. The van der Waals surface area contributed by atoms with Crippen LogP contribution in [0.1, 0.15) is 42.8 Å². The molecule has 1 aromatic heterocycles. The Kier molecular flexibility index (Phi) is 5.30. The maximum Gasteiger partial charge on any atom is 0.228 e. The van der Waals surface area contributed by atoms with Crippen molar-refractivity contribution in [1.82, 2.24) is 15.2 Å². The Morgan fingerprint density at radius 1 is 1.26 bits per heavy atom. The number of carbonyl (C=O) groups excluding carboxylic acids is 2. The first-order chi connectivity index (χ1) is 11.1. The van der Waals surface area contributed by atoms with Crippen molar-refractivity contribution in [1.29, 1.82) is 0 Å². The second-order valence-electron chi connectivity index (χ2n) is 6.81. The smallest absolute Gasteiger partial charge is 0.228 e. The summed E-state index contributed by atoms with van der Waals surface area (Å²) in [4.78, 5) is 30.5. The number of thiazole rings is 1. The van der Waals surface area contributed by atoms with Crippen LogP contribution in [0.3, 0.4) is 0 Å². The molecule has 0 spiro atoms. The van der Waals surface area contributed by atoms with Crippen molar-refractivity contribution < 1.29 is 9.59 Å². The van der Waals surface area contributed by atoms with E-state index in [1.807, 2.05) is 17.2 Å². The number of hydrogen-bond donors (Lipinski definition) is 1. The monoisotopic (exact) mass is 335 g/mol. The predicted molar refractivity (Wildman–Crippen MR) is 90.2 cm³/mol. The lowest BCUT2D eigenvalue weighted by atomic mass is 9.93. The molecule has 1 aliphatic carbocycles. The molecule has 1 aromatic rings. The highest BCUT2D eigenvalue weighted by atomic mass is 32.1. The van der Waals surface area contributed by atoms with Gasteiger partial charge in [-0.3, -0.25) is 9.59 Å². The van der Waals surface area contributed by atoms with Gasteiger partial charge in [-0.1, -0.05) is 0 Å². The zero-order chi connectivity index (χ0) is 16.2. The molecule has 5 nitrogen and oxygen atoms in total. The van der Waals surface area contributed by atoms with Crippen molar-refractivity contribution in [2.45, 2.75) is 45.4 Å². The van der Waals surface area contributed by atoms with Crippen LogP contribution in [0.2, 0.25) is 0 Å². The molecule has 2 amide bonds. The number of piperidine rings is 1. The number of aromatic nitrogens is 1. The van der Waals surface area contributed by atoms with Gasteiger partial charge in [0, 0.05) is 31.4 Å². The molecule has 0 bridgehead atoms. The Hall–Kier alpha value is -1.43. The van der Waals surface area contributed by atoms with Crippen molar-refractivity contribution >= 4 is 23.2 Å². The maximum absolute atomic E-state index is 12.3. The molecule has 126 valence electrons. The molecule has 2 aliphatic rings. The van der Waals surface area contributed by atoms with E-state index in [1.165, 1.54) is 12.8 Å². The van der Waals surface area contributed by atoms with Gasteiger partial charge < -0.3 is 10.2 Å². The van der Waals surface area contributed by atoms with Gasteiger partial charge in [-0.25, -0.2) is 4.98 Å². The largest absolute Gasteiger partial charge is 0.356 e. The van der Waals surface area contributed by atoms with Crippen molar-refractivity contribution in [3.05, 3.63) is 16.1 Å². The Balaban J connectivity index is 1.37. The number of rotatable bonds is 6. The molecular formula is C17H25N3O2S. The minimum atomic E-state index is 0.159. The number of hydrogen-bond acceptors (Lipinski definition) is 4. The molecular weight excluding hydrogens is 310 g/mol. The third-order valence-corrected chi connectivity index (χ3v) is 5.55. The number of nitrogens with one attached hydrogen (secondary N) is 1. The first-order valence-corrected chi connectivity index (χ1v) is 9.43. The third-order valence-electron chi connectivity index (χ3n) is 4.73. The lowest BCUT2D eigenvalue weighted by molar-refractivity contribution is -0.132. The summed E-state index contributed by atoms with van der Waals surface area (Å²) in [6, 6.07) is 0. The van der Waals surface area contributed by atoms with E-state index in [0.29, 0.717) is 18.8 Å². The molecule has 0 atom stereocenters. The summed E-state index contributed by atoms with van der Waals surface area (Å²) >= 11 is 1.58. The molecule has 23 heavy (non-hydrogen) atoms. The van der Waals surface area contributed by atoms with Crippen LogP contribution in [0.25, 0.3) is 0 Å². The van der Waals surface area contributed by atoms with Gasteiger partial charge in [0.15, 0.2) is 0 Å². The summed E-state index contributed by atoms with van der Waals surface area (Å²) in [5, 5.41) is 6.00. The van der Waals surface area contributed by atoms with Gasteiger partial charge in [-0.2, -0.15) is 0 Å². The van der Waals surface area contributed by atoms with E-state index in [-0.39, 0.29) is 11.8 Å². The third kappa shape index (κ3) is 5.03. The zero-order valence-corrected chi connectivity index (χ0v) is 14.5. The highest BCUT2D eigenvalue weighted by molar-refractivity contribution is 7.09. The number of carbonyl (C=O) groups is 2. The predicted octanol–water partition coefficient (Wildman–Crippen LogP) is 2.15. The van der Waals surface area contributed by atoms with Crippen molar-refractivity contribution in [3.8, 4) is 0 Å². The number of aryl methyl sites for hydroxylation is 1. The van der Waals surface area contributed by atoms with Crippen LogP contribution >= 0.6 is 11.3 Å². The highest BCUT2D eigenvalue weighted by Gasteiger charge is 2.26. The lowest BCUT2D eigenvalue weighted by Gasteiger charge is -2.31. The Bertz CT molecular complexity index is 560. The summed E-state index contributed by atoms with van der Waals surface area (Å²) in [6.45, 7) is 4.34. The second-order valence-corrected chi connectivity index (χ2v) is 7.87. The van der Waals surface area contributed by atoms with Gasteiger partial charge in [0.1, 0.15) is 0 Å². The summed E-state index contributed by atoms with van der Waals surface area (Å²) in [5.74, 6) is 1.49. The fourth-order valence-electron chi connectivity index (χ4n) is 3.06. The van der Waals surface area contributed by atoms with Gasteiger partial charge in [0.2, 0.25) is 11.8 Å². The second kappa shape index (κ2) is 7.43. The lowest BCUT2D eigenvalue weighted by Crippen LogP contribution is -2.40. The van der Waals surface area contributed by atoms with Crippen LogP contribution in [-0.2, 0) is 16.0 Å². The topological polar surface area (TPSA) is 62.3 Å². The molecule has 1 saturated heterocycles. The summed E-state index contributed by atoms with van der Waals surface area (Å²) in [5.41, 5.74) is 0.874. The van der Waals surface area contributed by atoms with Gasteiger partial charge in [-0.05, 0) is 44.4 Å². The van der Waals surface area contributed by atoms with E-state index in [9.17, 15) is 9.59 Å². The first-order valence-electron chi connectivity index (χ1n) is 8.55. The highest BCUT2D eigenvalue weighted by Crippen LogP contribution is 2.28. The van der Waals surface area contributed by atoms with Crippen LogP contribution in [0.5, 0.6) is 0 Å². The van der Waals surface area contributed by atoms with E-state index in [1.54, 1.807) is 11.3 Å². The quantitative estimate of drug-likeness (QED) is 0.866. The molecule has 2 fully saturated rings. The number of nitrogens with zero attached hydrogens (tertiary/aromatic N) is 2.